The van der Waals surface area contributed by atoms with Crippen molar-refractivity contribution in [1.82, 2.24) is 9.88 Å². The molecule has 1 saturated heterocycles. The summed E-state index contributed by atoms with van der Waals surface area (Å²) in [7, 11) is 0. The molecule has 1 aliphatic rings. The molecule has 0 radical (unpaired) electrons. The first-order valence-electron chi connectivity index (χ1n) is 6.24. The van der Waals surface area contributed by atoms with Gasteiger partial charge in [0.2, 0.25) is 0 Å². The Morgan fingerprint density at radius 1 is 1.44 bits per heavy atom. The van der Waals surface area contributed by atoms with Gasteiger partial charge in [0, 0.05) is 30.4 Å². The van der Waals surface area contributed by atoms with Gasteiger partial charge in [0.1, 0.15) is 11.9 Å². The summed E-state index contributed by atoms with van der Waals surface area (Å²) in [5.41, 5.74) is 6.13. The second-order valence-corrected chi connectivity index (χ2v) is 5.13. The Hall–Kier alpha value is -1.17. The Bertz CT molecular complexity index is 403. The summed E-state index contributed by atoms with van der Waals surface area (Å²) < 4.78 is 5.34. The third-order valence-corrected chi connectivity index (χ3v) is 3.66. The summed E-state index contributed by atoms with van der Waals surface area (Å²) in [5.74, 6) is 0.395. The van der Waals surface area contributed by atoms with E-state index in [0.29, 0.717) is 24.6 Å². The maximum atomic E-state index is 10.6. The number of hydrogen-bond acceptors (Lipinski definition) is 5. The molecule has 1 aromatic heterocycles. The van der Waals surface area contributed by atoms with Crippen LogP contribution in [0.25, 0.3) is 0 Å². The number of nitrogen functional groups attached to an aromatic ring is 1. The Kier molecular flexibility index (Phi) is 3.85. The number of morpholine rings is 1. The number of aromatic nitrogens is 1. The minimum Gasteiger partial charge on any atom is -0.386 e. The van der Waals surface area contributed by atoms with Crippen molar-refractivity contribution in [1.29, 1.82) is 0 Å². The maximum Gasteiger partial charge on any atom is 0.129 e. The van der Waals surface area contributed by atoms with Crippen LogP contribution >= 0.6 is 0 Å². The van der Waals surface area contributed by atoms with Crippen molar-refractivity contribution in [2.75, 3.05) is 32.0 Å². The Balaban J connectivity index is 2.20. The van der Waals surface area contributed by atoms with Gasteiger partial charge in [0.05, 0.1) is 13.2 Å². The first-order chi connectivity index (χ1) is 8.53. The van der Waals surface area contributed by atoms with E-state index in [2.05, 4.69) is 9.88 Å². The largest absolute Gasteiger partial charge is 0.386 e. The zero-order valence-corrected chi connectivity index (χ0v) is 11.0. The van der Waals surface area contributed by atoms with Crippen LogP contribution in [0.5, 0.6) is 0 Å². The van der Waals surface area contributed by atoms with E-state index in [1.165, 1.54) is 0 Å². The molecule has 1 aliphatic heterocycles. The molecular formula is C13H21N3O2. The van der Waals surface area contributed by atoms with Crippen molar-refractivity contribution in [2.45, 2.75) is 25.5 Å². The van der Waals surface area contributed by atoms with Crippen molar-refractivity contribution in [2.24, 2.45) is 0 Å². The average Bonchev–Trinajstić information content (AvgIpc) is 2.39. The fraction of sp³-hybridized carbons (Fsp3) is 0.615. The van der Waals surface area contributed by atoms with E-state index in [1.807, 2.05) is 19.9 Å². The topological polar surface area (TPSA) is 71.6 Å². The number of aliphatic hydroxyl groups excluding tert-OH is 1. The molecule has 0 amide bonds. The molecular weight excluding hydrogens is 230 g/mol. The van der Waals surface area contributed by atoms with Crippen molar-refractivity contribution in [3.05, 3.63) is 23.9 Å². The normalized spacial score (nSPS) is 19.7. The first-order valence-corrected chi connectivity index (χ1v) is 6.24. The minimum atomic E-state index is -0.663. The van der Waals surface area contributed by atoms with Gasteiger partial charge in [-0.15, -0.1) is 0 Å². The summed E-state index contributed by atoms with van der Waals surface area (Å²) in [6, 6.07) is 3.62. The van der Waals surface area contributed by atoms with Crippen LogP contribution in [-0.2, 0) is 4.74 Å². The van der Waals surface area contributed by atoms with Gasteiger partial charge in [-0.05, 0) is 19.9 Å². The fourth-order valence-electron chi connectivity index (χ4n) is 2.35. The van der Waals surface area contributed by atoms with Gasteiger partial charge in [-0.2, -0.15) is 0 Å². The molecule has 1 fully saturated rings. The second kappa shape index (κ2) is 5.22. The molecule has 2 rings (SSSR count). The van der Waals surface area contributed by atoms with Crippen LogP contribution in [0.3, 0.4) is 0 Å². The second-order valence-electron chi connectivity index (χ2n) is 5.13. The maximum absolute atomic E-state index is 10.6. The zero-order chi connectivity index (χ0) is 13.2. The number of hydrogen-bond donors (Lipinski definition) is 2. The van der Waals surface area contributed by atoms with E-state index in [9.17, 15) is 5.11 Å². The molecule has 0 spiro atoms. The highest BCUT2D eigenvalue weighted by atomic mass is 16.5. The molecule has 1 aromatic rings. The molecule has 0 bridgehead atoms. The van der Waals surface area contributed by atoms with Crippen LogP contribution in [0.15, 0.2) is 18.3 Å². The number of nitrogens with two attached hydrogens (primary N) is 1. The molecule has 0 aliphatic carbocycles. The summed E-state index contributed by atoms with van der Waals surface area (Å²) in [6.45, 7) is 7.11. The highest BCUT2D eigenvalue weighted by molar-refractivity contribution is 5.41. The Morgan fingerprint density at radius 3 is 2.72 bits per heavy atom. The predicted octanol–water partition coefficient (Wildman–Crippen LogP) is 0.808. The fourth-order valence-corrected chi connectivity index (χ4v) is 2.35. The average molecular weight is 251 g/mol. The van der Waals surface area contributed by atoms with Crippen LogP contribution in [0.4, 0.5) is 5.82 Å². The molecule has 1 unspecified atom stereocenters. The molecule has 5 heteroatoms. The smallest absolute Gasteiger partial charge is 0.129 e. The number of ether oxygens (including phenoxy) is 1. The minimum absolute atomic E-state index is 0.388. The lowest BCUT2D eigenvalue weighted by Gasteiger charge is -2.43. The number of anilines is 1. The summed E-state index contributed by atoms with van der Waals surface area (Å²) in [5, 5.41) is 10.6. The number of rotatable bonds is 3. The molecule has 5 nitrogen and oxygen atoms in total. The van der Waals surface area contributed by atoms with E-state index >= 15 is 0 Å². The lowest BCUT2D eigenvalue weighted by Crippen LogP contribution is -2.53. The zero-order valence-electron chi connectivity index (χ0n) is 11.0. The predicted molar refractivity (Wildman–Crippen MR) is 70.1 cm³/mol. The molecule has 3 N–H and O–H groups in total. The summed E-state index contributed by atoms with van der Waals surface area (Å²) in [4.78, 5) is 6.26. The van der Waals surface area contributed by atoms with Gasteiger partial charge in [0.25, 0.3) is 0 Å². The summed E-state index contributed by atoms with van der Waals surface area (Å²) in [6.07, 6.45) is 0.970. The molecule has 100 valence electrons. The van der Waals surface area contributed by atoms with Gasteiger partial charge < -0.3 is 15.6 Å². The number of nitrogens with zero attached hydrogens (tertiary/aromatic N) is 2. The SMILES string of the molecule is CC(C)(C(O)c1cccnc1N)N1CCOCC1. The molecule has 1 atom stereocenters. The highest BCUT2D eigenvalue weighted by Gasteiger charge is 2.37. The highest BCUT2D eigenvalue weighted by Crippen LogP contribution is 2.33. The molecule has 0 saturated carbocycles. The molecule has 0 aromatic carbocycles. The van der Waals surface area contributed by atoms with Crippen LogP contribution in [-0.4, -0.2) is 46.8 Å². The van der Waals surface area contributed by atoms with Crippen LogP contribution in [0, 0.1) is 0 Å². The van der Waals surface area contributed by atoms with E-state index in [-0.39, 0.29) is 5.54 Å². The van der Waals surface area contributed by atoms with Crippen molar-refractivity contribution in [3.8, 4) is 0 Å². The quantitative estimate of drug-likeness (QED) is 0.831. The Morgan fingerprint density at radius 2 is 2.11 bits per heavy atom. The molecule has 18 heavy (non-hydrogen) atoms. The standard InChI is InChI=1S/C13H21N3O2/c1-13(2,16-6-8-18-9-7-16)11(17)10-4-3-5-15-12(10)14/h3-5,11,17H,6-9H2,1-2H3,(H2,14,15). The monoisotopic (exact) mass is 251 g/mol. The van der Waals surface area contributed by atoms with Gasteiger partial charge in [0.15, 0.2) is 0 Å². The van der Waals surface area contributed by atoms with Gasteiger partial charge in [-0.1, -0.05) is 6.07 Å². The van der Waals surface area contributed by atoms with Crippen molar-refractivity contribution < 1.29 is 9.84 Å². The number of pyridine rings is 1. The van der Waals surface area contributed by atoms with Crippen LogP contribution < -0.4 is 5.73 Å². The van der Waals surface area contributed by atoms with Gasteiger partial charge in [-0.3, -0.25) is 4.90 Å². The van der Waals surface area contributed by atoms with E-state index in [4.69, 9.17) is 10.5 Å². The summed E-state index contributed by atoms with van der Waals surface area (Å²) >= 11 is 0. The van der Waals surface area contributed by atoms with Gasteiger partial charge >= 0.3 is 0 Å². The lowest BCUT2D eigenvalue weighted by molar-refractivity contribution is -0.0628. The van der Waals surface area contributed by atoms with Gasteiger partial charge in [-0.25, -0.2) is 4.98 Å². The first kappa shape index (κ1) is 13.3. The van der Waals surface area contributed by atoms with Crippen LogP contribution in [0.1, 0.15) is 25.5 Å². The lowest BCUT2D eigenvalue weighted by atomic mass is 9.89. The van der Waals surface area contributed by atoms with Crippen molar-refractivity contribution in [3.63, 3.8) is 0 Å². The van der Waals surface area contributed by atoms with E-state index < -0.39 is 6.10 Å². The third kappa shape index (κ3) is 2.48. The van der Waals surface area contributed by atoms with E-state index in [1.54, 1.807) is 12.3 Å². The van der Waals surface area contributed by atoms with Crippen LogP contribution in [0.2, 0.25) is 0 Å². The third-order valence-electron chi connectivity index (χ3n) is 3.66. The molecule has 2 heterocycles. The number of aliphatic hydroxyl groups is 1. The van der Waals surface area contributed by atoms with Crippen molar-refractivity contribution >= 4 is 5.82 Å². The van der Waals surface area contributed by atoms with E-state index in [0.717, 1.165) is 13.1 Å². The Labute approximate surface area is 108 Å².